The van der Waals surface area contributed by atoms with Crippen molar-refractivity contribution in [2.75, 3.05) is 13.7 Å². The monoisotopic (exact) mass is 415 g/mol. The highest BCUT2D eigenvalue weighted by molar-refractivity contribution is 5.06. The minimum absolute atomic E-state index is 0.512. The van der Waals surface area contributed by atoms with E-state index in [9.17, 15) is 5.11 Å². The summed E-state index contributed by atoms with van der Waals surface area (Å²) in [5.41, 5.74) is -0.0498. The smallest absolute Gasteiger partial charge is 0.0882 e. The van der Waals surface area contributed by atoms with Crippen molar-refractivity contribution in [2.24, 2.45) is 40.9 Å². The van der Waals surface area contributed by atoms with Gasteiger partial charge in [-0.1, -0.05) is 25.0 Å². The molecular weight excluding hydrogens is 374 g/mol. The van der Waals surface area contributed by atoms with E-state index in [-0.39, 0.29) is 0 Å². The molecule has 0 amide bonds. The van der Waals surface area contributed by atoms with E-state index >= 15 is 0 Å². The summed E-state index contributed by atoms with van der Waals surface area (Å²) in [5.74, 6) is 5.12. The second-order valence-corrected chi connectivity index (χ2v) is 11.5. The molecule has 0 unspecified atom stereocenters. The average molecular weight is 416 g/mol. The van der Waals surface area contributed by atoms with Gasteiger partial charge < -0.3 is 9.84 Å². The second-order valence-electron chi connectivity index (χ2n) is 11.5. The number of nitrogens with zero attached hydrogens (tertiary/aromatic N) is 3. The second kappa shape index (κ2) is 8.20. The molecular formula is C25H41N3O2. The number of fused-ring (bicyclic) bond motifs is 5. The first-order chi connectivity index (χ1) is 14.5. The number of ether oxygens (including phenoxy) is 1. The Kier molecular flexibility index (Phi) is 5.72. The first-order valence-electron chi connectivity index (χ1n) is 12.6. The number of hydrogen-bond acceptors (Lipinski definition) is 4. The minimum Gasteiger partial charge on any atom is -0.387 e. The molecule has 0 aromatic carbocycles. The molecule has 1 aromatic rings. The van der Waals surface area contributed by atoms with Gasteiger partial charge in [0, 0.05) is 19.9 Å². The summed E-state index contributed by atoms with van der Waals surface area (Å²) in [7, 11) is 1.73. The van der Waals surface area contributed by atoms with Gasteiger partial charge in [0.1, 0.15) is 0 Å². The Labute approximate surface area is 182 Å². The summed E-state index contributed by atoms with van der Waals surface area (Å²) in [6.07, 6.45) is 18.0. The molecule has 0 aliphatic heterocycles. The van der Waals surface area contributed by atoms with E-state index in [4.69, 9.17) is 4.74 Å². The van der Waals surface area contributed by atoms with Crippen molar-refractivity contribution in [2.45, 2.75) is 89.7 Å². The van der Waals surface area contributed by atoms with Crippen LogP contribution in [0.4, 0.5) is 0 Å². The van der Waals surface area contributed by atoms with Gasteiger partial charge in [0.15, 0.2) is 0 Å². The third kappa shape index (κ3) is 3.64. The van der Waals surface area contributed by atoms with E-state index in [0.717, 1.165) is 49.0 Å². The molecule has 4 saturated carbocycles. The normalized spacial score (nSPS) is 46.0. The summed E-state index contributed by atoms with van der Waals surface area (Å²) in [6, 6.07) is 0. The first kappa shape index (κ1) is 20.9. The van der Waals surface area contributed by atoms with E-state index < -0.39 is 5.60 Å². The van der Waals surface area contributed by atoms with Gasteiger partial charge in [-0.3, -0.25) is 4.68 Å². The topological polar surface area (TPSA) is 60.2 Å². The van der Waals surface area contributed by atoms with Crippen molar-refractivity contribution >= 4 is 0 Å². The molecule has 1 N–H and O–H groups in total. The zero-order chi connectivity index (χ0) is 20.8. The number of methoxy groups -OCH3 is 1. The molecule has 5 rings (SSSR count). The van der Waals surface area contributed by atoms with E-state index in [0.29, 0.717) is 17.9 Å². The lowest BCUT2D eigenvalue weighted by Crippen LogP contribution is -2.48. The lowest BCUT2D eigenvalue weighted by molar-refractivity contribution is -0.101. The molecule has 0 saturated heterocycles. The average Bonchev–Trinajstić information content (AvgIpc) is 3.30. The highest BCUT2D eigenvalue weighted by atomic mass is 16.5. The van der Waals surface area contributed by atoms with Crippen molar-refractivity contribution in [3.05, 3.63) is 12.4 Å². The standard InChI is InChI=1S/C25H41N3O2/c1-24-11-8-21-20-9-12-25(29,17-30-2)16-18(20)4-3-5-22(21)23(24)7-6-19(24)10-14-28-15-13-26-27-28/h13,15,18-23,29H,3-12,14,16-17H2,1-2H3/t18-,19+,20-,21+,22-,23-,24+,25+/m0/s1. The van der Waals surface area contributed by atoms with Gasteiger partial charge in [0.2, 0.25) is 0 Å². The van der Waals surface area contributed by atoms with E-state index in [2.05, 4.69) is 17.2 Å². The van der Waals surface area contributed by atoms with Crippen LogP contribution in [0.3, 0.4) is 0 Å². The third-order valence-corrected chi connectivity index (χ3v) is 10.1. The van der Waals surface area contributed by atoms with Crippen LogP contribution in [-0.2, 0) is 11.3 Å². The zero-order valence-corrected chi connectivity index (χ0v) is 19.0. The van der Waals surface area contributed by atoms with Crippen molar-refractivity contribution < 1.29 is 9.84 Å². The molecule has 8 atom stereocenters. The summed E-state index contributed by atoms with van der Waals surface area (Å²) in [4.78, 5) is 0. The van der Waals surface area contributed by atoms with Crippen LogP contribution in [0.25, 0.3) is 0 Å². The van der Waals surface area contributed by atoms with Crippen LogP contribution in [0, 0.1) is 40.9 Å². The van der Waals surface area contributed by atoms with Crippen LogP contribution in [-0.4, -0.2) is 39.4 Å². The van der Waals surface area contributed by atoms with Crippen molar-refractivity contribution in [3.63, 3.8) is 0 Å². The number of aromatic nitrogens is 3. The quantitative estimate of drug-likeness (QED) is 0.757. The van der Waals surface area contributed by atoms with Crippen LogP contribution in [0.5, 0.6) is 0 Å². The van der Waals surface area contributed by atoms with Gasteiger partial charge in [0.25, 0.3) is 0 Å². The Balaban J connectivity index is 1.29. The highest BCUT2D eigenvalue weighted by Crippen LogP contribution is 2.64. The molecule has 0 bridgehead atoms. The van der Waals surface area contributed by atoms with E-state index in [1.54, 1.807) is 13.3 Å². The van der Waals surface area contributed by atoms with E-state index in [1.807, 2.05) is 10.9 Å². The van der Waals surface area contributed by atoms with Crippen LogP contribution in [0.1, 0.15) is 77.6 Å². The fourth-order valence-electron chi connectivity index (χ4n) is 8.79. The number of aryl methyl sites for hydroxylation is 1. The minimum atomic E-state index is -0.571. The van der Waals surface area contributed by atoms with Gasteiger partial charge in [0.05, 0.1) is 18.4 Å². The fraction of sp³-hybridized carbons (Fsp3) is 0.920. The predicted octanol–water partition coefficient (Wildman–Crippen LogP) is 4.70. The maximum Gasteiger partial charge on any atom is 0.0882 e. The molecule has 168 valence electrons. The maximum absolute atomic E-state index is 11.0. The van der Waals surface area contributed by atoms with Gasteiger partial charge in [-0.2, -0.15) is 0 Å². The van der Waals surface area contributed by atoms with Gasteiger partial charge in [-0.25, -0.2) is 0 Å². The zero-order valence-electron chi connectivity index (χ0n) is 19.0. The number of aliphatic hydroxyl groups is 1. The molecule has 4 fully saturated rings. The highest BCUT2D eigenvalue weighted by Gasteiger charge is 2.56. The Hall–Kier alpha value is -0.940. The molecule has 30 heavy (non-hydrogen) atoms. The number of rotatable bonds is 5. The van der Waals surface area contributed by atoms with Gasteiger partial charge >= 0.3 is 0 Å². The molecule has 0 spiro atoms. The molecule has 0 radical (unpaired) electrons. The molecule has 1 aromatic heterocycles. The summed E-state index contributed by atoms with van der Waals surface area (Å²) in [6.45, 7) is 4.16. The van der Waals surface area contributed by atoms with Crippen LogP contribution in [0.2, 0.25) is 0 Å². The molecule has 1 heterocycles. The Morgan fingerprint density at radius 3 is 2.73 bits per heavy atom. The predicted molar refractivity (Wildman–Crippen MR) is 117 cm³/mol. The lowest BCUT2D eigenvalue weighted by Gasteiger charge is -2.52. The van der Waals surface area contributed by atoms with Crippen LogP contribution < -0.4 is 0 Å². The first-order valence-corrected chi connectivity index (χ1v) is 12.6. The summed E-state index contributed by atoms with van der Waals surface area (Å²) >= 11 is 0. The molecule has 5 nitrogen and oxygen atoms in total. The van der Waals surface area contributed by atoms with Crippen molar-refractivity contribution in [1.82, 2.24) is 15.0 Å². The largest absolute Gasteiger partial charge is 0.387 e. The fourth-order valence-corrected chi connectivity index (χ4v) is 8.79. The molecule has 5 heteroatoms. The Bertz CT molecular complexity index is 709. The molecule has 4 aliphatic carbocycles. The maximum atomic E-state index is 11.0. The number of hydrogen-bond donors (Lipinski definition) is 1. The van der Waals surface area contributed by atoms with Crippen LogP contribution in [0.15, 0.2) is 12.4 Å². The van der Waals surface area contributed by atoms with Gasteiger partial charge in [-0.15, -0.1) is 5.10 Å². The summed E-state index contributed by atoms with van der Waals surface area (Å²) in [5, 5.41) is 19.2. The van der Waals surface area contributed by atoms with Crippen LogP contribution >= 0.6 is 0 Å². The SMILES string of the molecule is COC[C@@]1(O)CC[C@H]2[C@@H](CCC[C@H]3[C@@H]2CC[C@]2(C)[C@@H](CCn4ccnn4)CC[C@@H]32)C1. The summed E-state index contributed by atoms with van der Waals surface area (Å²) < 4.78 is 7.39. The Morgan fingerprint density at radius 2 is 1.93 bits per heavy atom. The molecule has 4 aliphatic rings. The Morgan fingerprint density at radius 1 is 1.07 bits per heavy atom. The lowest BCUT2D eigenvalue weighted by atomic mass is 9.53. The van der Waals surface area contributed by atoms with Crippen molar-refractivity contribution in [3.8, 4) is 0 Å². The third-order valence-electron chi connectivity index (χ3n) is 10.1. The van der Waals surface area contributed by atoms with Gasteiger partial charge in [-0.05, 0) is 98.7 Å². The van der Waals surface area contributed by atoms with E-state index in [1.165, 1.54) is 57.8 Å². The van der Waals surface area contributed by atoms with Crippen molar-refractivity contribution in [1.29, 1.82) is 0 Å².